The number of alkyl halides is 3. The summed E-state index contributed by atoms with van der Waals surface area (Å²) in [5.74, 6) is -0.103. The smallest absolute Gasteiger partial charge is 0.278 e. The first kappa shape index (κ1) is 10.5. The molecular weight excluding hydrogens is 223 g/mol. The van der Waals surface area contributed by atoms with Gasteiger partial charge in [0.25, 0.3) is 6.43 Å². The van der Waals surface area contributed by atoms with E-state index in [0.29, 0.717) is 0 Å². The molecule has 0 spiro atoms. The minimum absolute atomic E-state index is 0.103. The molecule has 1 rings (SSSR count). The Balaban J connectivity index is 3.31. The van der Waals surface area contributed by atoms with Crippen molar-refractivity contribution in [3.8, 4) is 0 Å². The van der Waals surface area contributed by atoms with Gasteiger partial charge >= 0.3 is 0 Å². The lowest BCUT2D eigenvalue weighted by Gasteiger charge is -2.04. The van der Waals surface area contributed by atoms with Crippen molar-refractivity contribution in [1.29, 1.82) is 0 Å². The number of rotatable bonds is 2. The van der Waals surface area contributed by atoms with E-state index in [9.17, 15) is 13.6 Å². The standard InChI is InChI=1S/C7H5Cl2F2NO/c8-2-4-6(9)5(13)1-3(12-4)7(10)11/h1,7H,2H2,(H,12,13). The SMILES string of the molecule is O=c1cc(C(F)F)[nH]c(CCl)c1Cl. The Bertz CT molecular complexity index is 364. The zero-order valence-corrected chi connectivity index (χ0v) is 7.79. The number of H-pyrrole nitrogens is 1. The Hall–Kier alpha value is -0.610. The van der Waals surface area contributed by atoms with E-state index in [1.165, 1.54) is 0 Å². The van der Waals surface area contributed by atoms with Crippen LogP contribution in [0.3, 0.4) is 0 Å². The quantitative estimate of drug-likeness (QED) is 0.775. The van der Waals surface area contributed by atoms with E-state index in [1.807, 2.05) is 0 Å². The van der Waals surface area contributed by atoms with Gasteiger partial charge in [-0.05, 0) is 0 Å². The molecule has 0 atom stereocenters. The van der Waals surface area contributed by atoms with Crippen LogP contribution in [0.5, 0.6) is 0 Å². The molecule has 0 amide bonds. The van der Waals surface area contributed by atoms with Crippen LogP contribution in [-0.4, -0.2) is 4.98 Å². The fourth-order valence-electron chi connectivity index (χ4n) is 0.828. The normalized spacial score (nSPS) is 10.8. The van der Waals surface area contributed by atoms with E-state index in [2.05, 4.69) is 4.98 Å². The molecule has 0 radical (unpaired) electrons. The van der Waals surface area contributed by atoms with E-state index in [1.54, 1.807) is 0 Å². The molecule has 6 heteroatoms. The third-order valence-corrected chi connectivity index (χ3v) is 2.11. The highest BCUT2D eigenvalue weighted by atomic mass is 35.5. The maximum absolute atomic E-state index is 12.1. The van der Waals surface area contributed by atoms with Crippen LogP contribution >= 0.6 is 23.2 Å². The summed E-state index contributed by atoms with van der Waals surface area (Å²) < 4.78 is 24.3. The van der Waals surface area contributed by atoms with Crippen LogP contribution in [0.15, 0.2) is 10.9 Å². The van der Waals surface area contributed by atoms with Crippen molar-refractivity contribution >= 4 is 23.2 Å². The number of aromatic nitrogens is 1. The molecule has 1 N–H and O–H groups in total. The molecule has 0 unspecified atom stereocenters. The summed E-state index contributed by atoms with van der Waals surface area (Å²) >= 11 is 10.9. The maximum Gasteiger partial charge on any atom is 0.278 e. The lowest BCUT2D eigenvalue weighted by atomic mass is 10.3. The second-order valence-corrected chi connectivity index (χ2v) is 2.96. The minimum Gasteiger partial charge on any atom is -0.355 e. The van der Waals surface area contributed by atoms with Crippen molar-refractivity contribution in [1.82, 2.24) is 4.98 Å². The molecule has 0 aliphatic rings. The maximum atomic E-state index is 12.1. The highest BCUT2D eigenvalue weighted by molar-refractivity contribution is 6.31. The highest BCUT2D eigenvalue weighted by Gasteiger charge is 2.12. The molecule has 1 heterocycles. The van der Waals surface area contributed by atoms with E-state index < -0.39 is 17.5 Å². The van der Waals surface area contributed by atoms with Gasteiger partial charge in [-0.25, -0.2) is 8.78 Å². The number of nitrogens with one attached hydrogen (secondary N) is 1. The van der Waals surface area contributed by atoms with Crippen LogP contribution in [-0.2, 0) is 5.88 Å². The van der Waals surface area contributed by atoms with Gasteiger partial charge in [0, 0.05) is 6.07 Å². The van der Waals surface area contributed by atoms with Crippen LogP contribution in [0.2, 0.25) is 5.02 Å². The van der Waals surface area contributed by atoms with Crippen molar-refractivity contribution in [3.63, 3.8) is 0 Å². The monoisotopic (exact) mass is 227 g/mol. The Morgan fingerprint density at radius 3 is 2.62 bits per heavy atom. The van der Waals surface area contributed by atoms with Crippen LogP contribution < -0.4 is 5.43 Å². The third kappa shape index (κ3) is 2.19. The molecule has 13 heavy (non-hydrogen) atoms. The van der Waals surface area contributed by atoms with Gasteiger partial charge < -0.3 is 4.98 Å². The summed E-state index contributed by atoms with van der Waals surface area (Å²) in [4.78, 5) is 13.3. The minimum atomic E-state index is -2.73. The molecule has 2 nitrogen and oxygen atoms in total. The topological polar surface area (TPSA) is 32.9 Å². The second kappa shape index (κ2) is 4.07. The van der Waals surface area contributed by atoms with E-state index in [0.717, 1.165) is 6.07 Å². The largest absolute Gasteiger partial charge is 0.355 e. The van der Waals surface area contributed by atoms with Gasteiger partial charge in [-0.3, -0.25) is 4.79 Å². The van der Waals surface area contributed by atoms with Gasteiger partial charge in [0.2, 0.25) is 5.43 Å². The molecule has 0 aliphatic carbocycles. The van der Waals surface area contributed by atoms with Crippen molar-refractivity contribution in [3.05, 3.63) is 32.7 Å². The molecule has 1 aromatic heterocycles. The van der Waals surface area contributed by atoms with Gasteiger partial charge in [0.1, 0.15) is 5.02 Å². The predicted molar refractivity (Wildman–Crippen MR) is 46.6 cm³/mol. The Labute approximate surface area is 82.5 Å². The summed E-state index contributed by atoms with van der Waals surface area (Å²) in [6.07, 6.45) is -2.73. The second-order valence-electron chi connectivity index (χ2n) is 2.32. The van der Waals surface area contributed by atoms with Gasteiger partial charge in [0.15, 0.2) is 0 Å². The van der Waals surface area contributed by atoms with Crippen molar-refractivity contribution in [2.45, 2.75) is 12.3 Å². The zero-order chi connectivity index (χ0) is 10.0. The van der Waals surface area contributed by atoms with Crippen LogP contribution in [0.25, 0.3) is 0 Å². The first-order chi connectivity index (χ1) is 6.06. The number of halogens is 4. The summed E-state index contributed by atoms with van der Waals surface area (Å²) in [5.41, 5.74) is -0.998. The Morgan fingerprint density at radius 1 is 1.54 bits per heavy atom. The molecule has 1 aromatic rings. The van der Waals surface area contributed by atoms with Crippen LogP contribution in [0.4, 0.5) is 8.78 Å². The molecule has 0 saturated carbocycles. The molecule has 0 bridgehead atoms. The van der Waals surface area contributed by atoms with Crippen molar-refractivity contribution < 1.29 is 8.78 Å². The van der Waals surface area contributed by atoms with Crippen molar-refractivity contribution in [2.75, 3.05) is 0 Å². The van der Waals surface area contributed by atoms with Crippen LogP contribution in [0, 0.1) is 0 Å². The zero-order valence-electron chi connectivity index (χ0n) is 6.28. The molecule has 0 aliphatic heterocycles. The number of aromatic amines is 1. The van der Waals surface area contributed by atoms with Gasteiger partial charge in [0.05, 0.1) is 17.3 Å². The van der Waals surface area contributed by atoms with E-state index in [4.69, 9.17) is 23.2 Å². The first-order valence-corrected chi connectivity index (χ1v) is 4.23. The predicted octanol–water partition coefficient (Wildman–Crippen LogP) is 2.70. The highest BCUT2D eigenvalue weighted by Crippen LogP contribution is 2.18. The fourth-order valence-corrected chi connectivity index (χ4v) is 1.27. The lowest BCUT2D eigenvalue weighted by Crippen LogP contribution is -2.08. The number of hydrogen-bond donors (Lipinski definition) is 1. The van der Waals surface area contributed by atoms with Crippen LogP contribution in [0.1, 0.15) is 17.8 Å². The average molecular weight is 228 g/mol. The Morgan fingerprint density at radius 2 is 2.15 bits per heavy atom. The summed E-state index contributed by atoms with van der Waals surface area (Å²) in [5, 5.41) is -0.139. The van der Waals surface area contributed by atoms with Gasteiger partial charge in [-0.15, -0.1) is 11.6 Å². The molecule has 0 saturated heterocycles. The fraction of sp³-hybridized carbons (Fsp3) is 0.286. The third-order valence-electron chi connectivity index (χ3n) is 1.43. The molecule has 0 fully saturated rings. The lowest BCUT2D eigenvalue weighted by molar-refractivity contribution is 0.145. The van der Waals surface area contributed by atoms with E-state index >= 15 is 0 Å². The number of hydrogen-bond acceptors (Lipinski definition) is 1. The summed E-state index contributed by atoms with van der Waals surface area (Å²) in [6, 6.07) is 0.767. The van der Waals surface area contributed by atoms with E-state index in [-0.39, 0.29) is 16.6 Å². The summed E-state index contributed by atoms with van der Waals surface area (Å²) in [7, 11) is 0. The molecule has 0 aromatic carbocycles. The number of pyridine rings is 1. The average Bonchev–Trinajstić information content (AvgIpc) is 2.09. The molecular formula is C7H5Cl2F2NO. The van der Waals surface area contributed by atoms with Gasteiger partial charge in [-0.1, -0.05) is 11.6 Å². The van der Waals surface area contributed by atoms with Crippen molar-refractivity contribution in [2.24, 2.45) is 0 Å². The Kier molecular flexibility index (Phi) is 3.27. The molecule has 72 valence electrons. The summed E-state index contributed by atoms with van der Waals surface area (Å²) in [6.45, 7) is 0. The first-order valence-electron chi connectivity index (χ1n) is 3.32. The van der Waals surface area contributed by atoms with Gasteiger partial charge in [-0.2, -0.15) is 0 Å².